The Bertz CT molecular complexity index is 1330. The normalized spacial score (nSPS) is 12.3. The minimum Gasteiger partial charge on any atom is -0.456 e. The maximum Gasteiger partial charge on any atom is 0.151 e. The van der Waals surface area contributed by atoms with Crippen molar-refractivity contribution in [2.75, 3.05) is 5.32 Å². The molecular weight excluding hydrogens is 334 g/mol. The largest absolute Gasteiger partial charge is 0.456 e. The second kappa shape index (κ2) is 5.39. The average Bonchev–Trinajstić information content (AvgIpc) is 3.09. The molecular formula is C24H14NO2. The van der Waals surface area contributed by atoms with E-state index in [1.165, 1.54) is 0 Å². The first-order valence-corrected chi connectivity index (χ1v) is 8.88. The van der Waals surface area contributed by atoms with Crippen LogP contribution >= 0.6 is 0 Å². The van der Waals surface area contributed by atoms with Gasteiger partial charge in [-0.1, -0.05) is 42.5 Å². The summed E-state index contributed by atoms with van der Waals surface area (Å²) in [6, 6.07) is 29.7. The molecule has 0 saturated heterocycles. The van der Waals surface area contributed by atoms with Gasteiger partial charge in [-0.25, -0.2) is 0 Å². The van der Waals surface area contributed by atoms with E-state index in [0.717, 1.165) is 55.9 Å². The van der Waals surface area contributed by atoms with Gasteiger partial charge in [0, 0.05) is 22.4 Å². The molecule has 0 amide bonds. The summed E-state index contributed by atoms with van der Waals surface area (Å²) in [5.74, 6) is 1.65. The average molecular weight is 348 g/mol. The van der Waals surface area contributed by atoms with Crippen LogP contribution in [-0.4, -0.2) is 0 Å². The summed E-state index contributed by atoms with van der Waals surface area (Å²) < 4.78 is 12.0. The van der Waals surface area contributed by atoms with Gasteiger partial charge in [-0.3, -0.25) is 0 Å². The fourth-order valence-corrected chi connectivity index (χ4v) is 3.68. The molecule has 0 saturated carbocycles. The summed E-state index contributed by atoms with van der Waals surface area (Å²) >= 11 is 0. The van der Waals surface area contributed by atoms with Gasteiger partial charge in [-0.15, -0.1) is 0 Å². The third kappa shape index (κ3) is 2.15. The fraction of sp³-hybridized carbons (Fsp3) is 0. The molecule has 0 unspecified atom stereocenters. The summed E-state index contributed by atoms with van der Waals surface area (Å²) in [6.07, 6.45) is 0. The van der Waals surface area contributed by atoms with Gasteiger partial charge in [0.25, 0.3) is 0 Å². The maximum absolute atomic E-state index is 6.09. The monoisotopic (exact) mass is 348 g/mol. The molecule has 2 heterocycles. The zero-order valence-electron chi connectivity index (χ0n) is 14.3. The zero-order chi connectivity index (χ0) is 17.8. The highest BCUT2D eigenvalue weighted by atomic mass is 16.5. The summed E-state index contributed by atoms with van der Waals surface area (Å²) in [5.41, 5.74) is 5.70. The lowest BCUT2D eigenvalue weighted by molar-refractivity contribution is 0.481. The summed E-state index contributed by atoms with van der Waals surface area (Å²) in [4.78, 5) is 0. The van der Waals surface area contributed by atoms with E-state index in [1.54, 1.807) is 0 Å². The van der Waals surface area contributed by atoms with Gasteiger partial charge in [0.05, 0.1) is 11.4 Å². The number of fused-ring (bicyclic) bond motifs is 5. The fourth-order valence-electron chi connectivity index (χ4n) is 3.68. The van der Waals surface area contributed by atoms with E-state index in [2.05, 4.69) is 23.5 Å². The van der Waals surface area contributed by atoms with E-state index in [-0.39, 0.29) is 0 Å². The highest BCUT2D eigenvalue weighted by Crippen LogP contribution is 2.46. The molecule has 1 aliphatic heterocycles. The topological polar surface area (TPSA) is 34.4 Å². The van der Waals surface area contributed by atoms with Crippen molar-refractivity contribution in [1.29, 1.82) is 0 Å². The molecule has 1 aromatic heterocycles. The highest BCUT2D eigenvalue weighted by molar-refractivity contribution is 6.06. The molecule has 0 fully saturated rings. The summed E-state index contributed by atoms with van der Waals surface area (Å²) in [7, 11) is 0. The maximum atomic E-state index is 6.09. The third-order valence-corrected chi connectivity index (χ3v) is 4.97. The Kier molecular flexibility index (Phi) is 2.88. The van der Waals surface area contributed by atoms with Gasteiger partial charge in [0.2, 0.25) is 0 Å². The second-order valence-corrected chi connectivity index (χ2v) is 6.61. The van der Waals surface area contributed by atoms with E-state index < -0.39 is 0 Å². The molecule has 3 nitrogen and oxygen atoms in total. The predicted octanol–water partition coefficient (Wildman–Crippen LogP) is 6.90. The summed E-state index contributed by atoms with van der Waals surface area (Å²) in [5, 5.41) is 5.59. The van der Waals surface area contributed by atoms with Crippen molar-refractivity contribution in [2.45, 2.75) is 0 Å². The van der Waals surface area contributed by atoms with Crippen LogP contribution in [0.4, 0.5) is 11.4 Å². The first kappa shape index (κ1) is 14.4. The number of nitrogens with one attached hydrogen (secondary N) is 1. The molecule has 3 heteroatoms. The van der Waals surface area contributed by atoms with Crippen molar-refractivity contribution in [1.82, 2.24) is 0 Å². The van der Waals surface area contributed by atoms with E-state index in [1.807, 2.05) is 66.7 Å². The molecule has 0 bridgehead atoms. The lowest BCUT2D eigenvalue weighted by atomic mass is 9.99. The lowest BCUT2D eigenvalue weighted by Gasteiger charge is -2.24. The van der Waals surface area contributed by atoms with E-state index in [0.29, 0.717) is 0 Å². The first-order valence-electron chi connectivity index (χ1n) is 8.88. The molecule has 5 aromatic rings. The third-order valence-electron chi connectivity index (χ3n) is 4.97. The SMILES string of the molecule is [c]1c(-c2cccc3c2Nc2ccccc2O3)ccc2oc3ccccc3c12. The molecule has 0 aliphatic carbocycles. The Labute approximate surface area is 155 Å². The molecule has 1 radical (unpaired) electrons. The number of hydrogen-bond acceptors (Lipinski definition) is 3. The number of ether oxygens (including phenoxy) is 1. The predicted molar refractivity (Wildman–Crippen MR) is 108 cm³/mol. The van der Waals surface area contributed by atoms with E-state index in [4.69, 9.17) is 9.15 Å². The minimum absolute atomic E-state index is 0.816. The molecule has 0 spiro atoms. The number of para-hydroxylation sites is 4. The van der Waals surface area contributed by atoms with Crippen LogP contribution in [-0.2, 0) is 0 Å². The quantitative estimate of drug-likeness (QED) is 0.351. The number of furan rings is 1. The van der Waals surface area contributed by atoms with Crippen molar-refractivity contribution in [2.24, 2.45) is 0 Å². The number of rotatable bonds is 1. The van der Waals surface area contributed by atoms with Gasteiger partial charge >= 0.3 is 0 Å². The van der Waals surface area contributed by atoms with Gasteiger partial charge in [0.1, 0.15) is 11.2 Å². The van der Waals surface area contributed by atoms with Gasteiger partial charge < -0.3 is 14.5 Å². The molecule has 6 rings (SSSR count). The Morgan fingerprint density at radius 3 is 2.56 bits per heavy atom. The van der Waals surface area contributed by atoms with Crippen LogP contribution in [0.15, 0.2) is 83.3 Å². The van der Waals surface area contributed by atoms with Crippen LogP contribution in [0.25, 0.3) is 33.1 Å². The first-order chi connectivity index (χ1) is 13.4. The number of hydrogen-bond donors (Lipinski definition) is 1. The lowest BCUT2D eigenvalue weighted by Crippen LogP contribution is -2.03. The van der Waals surface area contributed by atoms with Crippen molar-refractivity contribution in [3.8, 4) is 22.6 Å². The standard InChI is InChI=1S/C24H14NO2/c1-3-9-20-17(6-1)18-14-15(12-13-21(18)26-20)16-7-5-11-23-24(16)25-19-8-2-4-10-22(19)27-23/h1-13,25H. The smallest absolute Gasteiger partial charge is 0.151 e. The van der Waals surface area contributed by atoms with Crippen molar-refractivity contribution in [3.05, 3.63) is 84.9 Å². The summed E-state index contributed by atoms with van der Waals surface area (Å²) in [6.45, 7) is 0. The van der Waals surface area contributed by atoms with Crippen LogP contribution in [0.1, 0.15) is 0 Å². The Morgan fingerprint density at radius 1 is 0.704 bits per heavy atom. The van der Waals surface area contributed by atoms with Crippen molar-refractivity contribution >= 4 is 33.3 Å². The van der Waals surface area contributed by atoms with E-state index >= 15 is 0 Å². The Hall–Kier alpha value is -3.72. The van der Waals surface area contributed by atoms with Gasteiger partial charge in [0.15, 0.2) is 11.5 Å². The Morgan fingerprint density at radius 2 is 1.56 bits per heavy atom. The van der Waals surface area contributed by atoms with Gasteiger partial charge in [-0.2, -0.15) is 0 Å². The molecule has 4 aromatic carbocycles. The van der Waals surface area contributed by atoms with Crippen LogP contribution in [0.2, 0.25) is 0 Å². The number of benzene rings is 4. The Balaban J connectivity index is 1.55. The van der Waals surface area contributed by atoms with Crippen LogP contribution in [0.5, 0.6) is 11.5 Å². The van der Waals surface area contributed by atoms with Crippen LogP contribution < -0.4 is 10.1 Å². The van der Waals surface area contributed by atoms with E-state index in [9.17, 15) is 0 Å². The highest BCUT2D eigenvalue weighted by Gasteiger charge is 2.20. The second-order valence-electron chi connectivity index (χ2n) is 6.61. The minimum atomic E-state index is 0.816. The molecule has 1 aliphatic rings. The molecule has 0 atom stereocenters. The molecule has 27 heavy (non-hydrogen) atoms. The van der Waals surface area contributed by atoms with Crippen molar-refractivity contribution in [3.63, 3.8) is 0 Å². The van der Waals surface area contributed by atoms with Gasteiger partial charge in [-0.05, 0) is 42.0 Å². The molecule has 127 valence electrons. The van der Waals surface area contributed by atoms with Crippen LogP contribution in [0.3, 0.4) is 0 Å². The van der Waals surface area contributed by atoms with Crippen molar-refractivity contribution < 1.29 is 9.15 Å². The number of anilines is 2. The van der Waals surface area contributed by atoms with Crippen LogP contribution in [0, 0.1) is 6.07 Å². The molecule has 1 N–H and O–H groups in total. The zero-order valence-corrected chi connectivity index (χ0v) is 14.3.